The van der Waals surface area contributed by atoms with Gasteiger partial charge in [0.2, 0.25) is 5.56 Å². The lowest BCUT2D eigenvalue weighted by molar-refractivity contribution is -0.143. The van der Waals surface area contributed by atoms with E-state index in [9.17, 15) is 9.59 Å². The molecule has 3 heterocycles. The first kappa shape index (κ1) is 22.2. The molecule has 0 amide bonds. The third kappa shape index (κ3) is 4.56. The number of nitrogens with zero attached hydrogens (tertiary/aromatic N) is 1. The molecule has 2 aliphatic rings. The van der Waals surface area contributed by atoms with Crippen molar-refractivity contribution in [2.24, 2.45) is 0 Å². The summed E-state index contributed by atoms with van der Waals surface area (Å²) in [4.78, 5) is 29.5. The van der Waals surface area contributed by atoms with Crippen molar-refractivity contribution >= 4 is 11.7 Å². The molecule has 1 N–H and O–H groups in total. The molecule has 34 heavy (non-hydrogen) atoms. The molecule has 1 aromatic heterocycles. The normalized spacial score (nSPS) is 14.7. The Balaban J connectivity index is 1.46. The van der Waals surface area contributed by atoms with Gasteiger partial charge in [0.1, 0.15) is 11.5 Å². The number of rotatable bonds is 6. The first-order chi connectivity index (χ1) is 16.6. The highest BCUT2D eigenvalue weighted by Gasteiger charge is 2.24. The summed E-state index contributed by atoms with van der Waals surface area (Å²) in [6.07, 6.45) is 1.65. The summed E-state index contributed by atoms with van der Waals surface area (Å²) in [5, 5.41) is 0. The molecule has 2 aromatic carbocycles. The van der Waals surface area contributed by atoms with Crippen LogP contribution >= 0.6 is 0 Å². The van der Waals surface area contributed by atoms with Crippen LogP contribution in [0, 0.1) is 0 Å². The summed E-state index contributed by atoms with van der Waals surface area (Å²) in [7, 11) is 0. The Labute approximate surface area is 198 Å². The van der Waals surface area contributed by atoms with E-state index in [1.807, 2.05) is 49.4 Å². The minimum atomic E-state index is -0.191. The summed E-state index contributed by atoms with van der Waals surface area (Å²) in [6.45, 7) is 5.03. The Hall–Kier alpha value is -3.58. The van der Waals surface area contributed by atoms with Gasteiger partial charge in [-0.25, -0.2) is 0 Å². The average molecular weight is 461 g/mol. The van der Waals surface area contributed by atoms with Gasteiger partial charge in [-0.1, -0.05) is 24.3 Å². The number of morpholine rings is 1. The van der Waals surface area contributed by atoms with Crippen LogP contribution < -0.4 is 15.2 Å². The van der Waals surface area contributed by atoms with Gasteiger partial charge in [-0.2, -0.15) is 0 Å². The van der Waals surface area contributed by atoms with Gasteiger partial charge in [-0.15, -0.1) is 0 Å². The average Bonchev–Trinajstić information content (AvgIpc) is 2.86. The number of carbonyl (C=O) groups is 1. The number of para-hydroxylation sites is 1. The van der Waals surface area contributed by atoms with Crippen LogP contribution in [0.5, 0.6) is 11.5 Å². The van der Waals surface area contributed by atoms with Crippen molar-refractivity contribution in [2.45, 2.75) is 26.2 Å². The van der Waals surface area contributed by atoms with Gasteiger partial charge in [0.05, 0.1) is 25.5 Å². The lowest BCUT2D eigenvalue weighted by Gasteiger charge is -2.29. The second-order valence-corrected chi connectivity index (χ2v) is 8.49. The standard InChI is InChI=1S/C27H28N2O5/c1-2-33-26(31)10-9-18-5-4-8-24-22(18)15-19-6-3-7-21(27(19)34-24)23-16-20(17-25(30)28-23)29-11-13-32-14-12-29/h3-8,16-17H,2,9-15H2,1H3,(H,28,30). The minimum absolute atomic E-state index is 0.144. The first-order valence-electron chi connectivity index (χ1n) is 11.8. The molecule has 2 aliphatic heterocycles. The Morgan fingerprint density at radius 3 is 2.76 bits per heavy atom. The van der Waals surface area contributed by atoms with Gasteiger partial charge in [0.15, 0.2) is 0 Å². The monoisotopic (exact) mass is 460 g/mol. The Morgan fingerprint density at radius 2 is 1.94 bits per heavy atom. The van der Waals surface area contributed by atoms with Crippen LogP contribution in [-0.4, -0.2) is 43.9 Å². The molecule has 0 bridgehead atoms. The molecule has 1 saturated heterocycles. The maximum atomic E-state index is 12.5. The third-order valence-electron chi connectivity index (χ3n) is 6.31. The number of pyridine rings is 1. The zero-order valence-corrected chi connectivity index (χ0v) is 19.3. The maximum Gasteiger partial charge on any atom is 0.306 e. The molecular weight excluding hydrogens is 432 g/mol. The highest BCUT2D eigenvalue weighted by atomic mass is 16.5. The van der Waals surface area contributed by atoms with Crippen molar-refractivity contribution in [1.82, 2.24) is 4.98 Å². The van der Waals surface area contributed by atoms with Crippen LogP contribution in [0.15, 0.2) is 53.3 Å². The second-order valence-electron chi connectivity index (χ2n) is 8.49. The van der Waals surface area contributed by atoms with Crippen LogP contribution in [0.2, 0.25) is 0 Å². The Bertz CT molecular complexity index is 1260. The fraction of sp³-hybridized carbons (Fsp3) is 0.333. The second kappa shape index (κ2) is 9.73. The van der Waals surface area contributed by atoms with Crippen LogP contribution in [0.25, 0.3) is 11.3 Å². The zero-order valence-electron chi connectivity index (χ0n) is 19.3. The predicted octanol–water partition coefficient (Wildman–Crippen LogP) is 4.07. The molecule has 0 radical (unpaired) electrons. The molecule has 7 nitrogen and oxygen atoms in total. The van der Waals surface area contributed by atoms with E-state index in [-0.39, 0.29) is 11.5 Å². The molecular formula is C27H28N2O5. The number of esters is 1. The maximum absolute atomic E-state index is 12.5. The smallest absolute Gasteiger partial charge is 0.306 e. The Kier molecular flexibility index (Phi) is 6.36. The minimum Gasteiger partial charge on any atom is -0.466 e. The summed E-state index contributed by atoms with van der Waals surface area (Å²) in [5.74, 6) is 1.35. The summed E-state index contributed by atoms with van der Waals surface area (Å²) in [6, 6.07) is 15.6. The topological polar surface area (TPSA) is 80.9 Å². The Morgan fingerprint density at radius 1 is 1.12 bits per heavy atom. The van der Waals surface area contributed by atoms with Gasteiger partial charge in [-0.3, -0.25) is 9.59 Å². The summed E-state index contributed by atoms with van der Waals surface area (Å²) < 4.78 is 16.9. The van der Waals surface area contributed by atoms with Crippen molar-refractivity contribution < 1.29 is 19.0 Å². The zero-order chi connectivity index (χ0) is 23.5. The largest absolute Gasteiger partial charge is 0.466 e. The molecule has 7 heteroatoms. The third-order valence-corrected chi connectivity index (χ3v) is 6.31. The van der Waals surface area contributed by atoms with E-state index in [2.05, 4.69) is 9.88 Å². The fourth-order valence-corrected chi connectivity index (χ4v) is 4.65. The number of hydrogen-bond acceptors (Lipinski definition) is 6. The van der Waals surface area contributed by atoms with E-state index in [4.69, 9.17) is 14.2 Å². The molecule has 0 unspecified atom stereocenters. The first-order valence-corrected chi connectivity index (χ1v) is 11.8. The van der Waals surface area contributed by atoms with Gasteiger partial charge >= 0.3 is 5.97 Å². The molecule has 176 valence electrons. The molecule has 0 spiro atoms. The van der Waals surface area contributed by atoms with Gasteiger partial charge in [0, 0.05) is 54.4 Å². The number of aromatic amines is 1. The molecule has 0 saturated carbocycles. The molecule has 5 rings (SSSR count). The van der Waals surface area contributed by atoms with Gasteiger partial charge < -0.3 is 24.1 Å². The highest BCUT2D eigenvalue weighted by molar-refractivity contribution is 5.74. The number of benzene rings is 2. The van der Waals surface area contributed by atoms with E-state index in [1.165, 1.54) is 0 Å². The molecule has 0 atom stereocenters. The van der Waals surface area contributed by atoms with Crippen LogP contribution in [0.4, 0.5) is 5.69 Å². The number of aryl methyl sites for hydroxylation is 1. The number of hydrogen-bond donors (Lipinski definition) is 1. The number of carbonyl (C=O) groups excluding carboxylic acids is 1. The van der Waals surface area contributed by atoms with E-state index >= 15 is 0 Å². The van der Waals surface area contributed by atoms with Crippen molar-refractivity contribution in [3.05, 3.63) is 75.6 Å². The number of aromatic nitrogens is 1. The van der Waals surface area contributed by atoms with E-state index < -0.39 is 0 Å². The number of fused-ring (bicyclic) bond motifs is 2. The van der Waals surface area contributed by atoms with Crippen molar-refractivity contribution in [1.29, 1.82) is 0 Å². The van der Waals surface area contributed by atoms with E-state index in [0.717, 1.165) is 58.2 Å². The number of ether oxygens (including phenoxy) is 3. The lowest BCUT2D eigenvalue weighted by atomic mass is 9.92. The van der Waals surface area contributed by atoms with E-state index in [1.54, 1.807) is 6.07 Å². The number of H-pyrrole nitrogens is 1. The van der Waals surface area contributed by atoms with E-state index in [0.29, 0.717) is 39.1 Å². The summed E-state index contributed by atoms with van der Waals surface area (Å²) >= 11 is 0. The van der Waals surface area contributed by atoms with Crippen LogP contribution in [-0.2, 0) is 27.1 Å². The van der Waals surface area contributed by atoms with Crippen molar-refractivity contribution in [3.63, 3.8) is 0 Å². The summed E-state index contributed by atoms with van der Waals surface area (Å²) in [5.41, 5.74) is 5.55. The molecule has 0 aliphatic carbocycles. The number of nitrogens with one attached hydrogen (secondary N) is 1. The number of anilines is 1. The molecule has 1 fully saturated rings. The van der Waals surface area contributed by atoms with Crippen molar-refractivity contribution in [3.8, 4) is 22.8 Å². The quantitative estimate of drug-likeness (QED) is 0.437. The van der Waals surface area contributed by atoms with Crippen LogP contribution in [0.1, 0.15) is 30.0 Å². The molecule has 3 aromatic rings. The highest BCUT2D eigenvalue weighted by Crippen LogP contribution is 2.43. The van der Waals surface area contributed by atoms with Gasteiger partial charge in [-0.05, 0) is 37.1 Å². The fourth-order valence-electron chi connectivity index (χ4n) is 4.65. The predicted molar refractivity (Wildman–Crippen MR) is 130 cm³/mol. The lowest BCUT2D eigenvalue weighted by Crippen LogP contribution is -2.36. The van der Waals surface area contributed by atoms with Crippen molar-refractivity contribution in [2.75, 3.05) is 37.8 Å². The van der Waals surface area contributed by atoms with Gasteiger partial charge in [0.25, 0.3) is 0 Å². The van der Waals surface area contributed by atoms with Crippen LogP contribution in [0.3, 0.4) is 0 Å². The SMILES string of the molecule is CCOC(=O)CCc1cccc2c1Cc1cccc(-c3cc(N4CCOCC4)cc(=O)[nH]3)c1O2.